The molecule has 3 rings (SSSR count). The minimum absolute atomic E-state index is 0.00301. The predicted molar refractivity (Wildman–Crippen MR) is 85.7 cm³/mol. The molecule has 0 aliphatic carbocycles. The lowest BCUT2D eigenvalue weighted by Crippen LogP contribution is -2.32. The third kappa shape index (κ3) is 3.03. The second kappa shape index (κ2) is 6.02. The molecule has 1 atom stereocenters. The summed E-state index contributed by atoms with van der Waals surface area (Å²) in [5.74, 6) is 0.688. The fourth-order valence-corrected chi connectivity index (χ4v) is 3.16. The zero-order valence-corrected chi connectivity index (χ0v) is 12.9. The van der Waals surface area contributed by atoms with Crippen molar-refractivity contribution < 1.29 is 4.79 Å². The van der Waals surface area contributed by atoms with Crippen molar-refractivity contribution in [2.24, 2.45) is 5.92 Å². The van der Waals surface area contributed by atoms with Gasteiger partial charge in [-0.25, -0.2) is 4.98 Å². The summed E-state index contributed by atoms with van der Waals surface area (Å²) in [5.41, 5.74) is 0.452. The molecule has 1 unspecified atom stereocenters. The van der Waals surface area contributed by atoms with Crippen LogP contribution >= 0.6 is 11.6 Å². The van der Waals surface area contributed by atoms with E-state index >= 15 is 0 Å². The molecule has 0 N–H and O–H groups in total. The van der Waals surface area contributed by atoms with Gasteiger partial charge in [-0.05, 0) is 36.6 Å². The molecule has 2 heterocycles. The van der Waals surface area contributed by atoms with Crippen molar-refractivity contribution in [3.05, 3.63) is 41.2 Å². The Hall–Kier alpha value is -1.61. The Morgan fingerprint density at radius 1 is 1.29 bits per heavy atom. The molecule has 1 saturated heterocycles. The number of likely N-dealkylation sites (tertiary alicyclic amines) is 1. The Morgan fingerprint density at radius 2 is 2.10 bits per heavy atom. The minimum Gasteiger partial charge on any atom is -0.337 e. The normalized spacial score (nSPS) is 19.5. The van der Waals surface area contributed by atoms with Crippen LogP contribution < -0.4 is 0 Å². The number of halogens is 1. The molecule has 0 spiro atoms. The van der Waals surface area contributed by atoms with Gasteiger partial charge in [0.1, 0.15) is 10.8 Å². The van der Waals surface area contributed by atoms with Crippen LogP contribution in [-0.2, 0) is 0 Å². The van der Waals surface area contributed by atoms with Crippen molar-refractivity contribution in [2.45, 2.75) is 26.2 Å². The van der Waals surface area contributed by atoms with E-state index < -0.39 is 0 Å². The lowest BCUT2D eigenvalue weighted by molar-refractivity contribution is 0.0754. The number of pyridine rings is 1. The molecule has 3 nitrogen and oxygen atoms in total. The lowest BCUT2D eigenvalue weighted by atomic mass is 10.0. The van der Waals surface area contributed by atoms with E-state index in [-0.39, 0.29) is 5.91 Å². The summed E-state index contributed by atoms with van der Waals surface area (Å²) in [6, 6.07) is 9.60. The van der Waals surface area contributed by atoms with E-state index in [0.717, 1.165) is 36.7 Å². The van der Waals surface area contributed by atoms with Gasteiger partial charge in [0, 0.05) is 18.5 Å². The zero-order chi connectivity index (χ0) is 14.8. The van der Waals surface area contributed by atoms with E-state index in [1.165, 1.54) is 6.42 Å². The summed E-state index contributed by atoms with van der Waals surface area (Å²) < 4.78 is 0. The van der Waals surface area contributed by atoms with Crippen molar-refractivity contribution in [2.75, 3.05) is 13.1 Å². The highest BCUT2D eigenvalue weighted by molar-refractivity contribution is 6.34. The van der Waals surface area contributed by atoms with E-state index in [1.54, 1.807) is 0 Å². The minimum atomic E-state index is -0.00301. The van der Waals surface area contributed by atoms with Crippen LogP contribution in [-0.4, -0.2) is 28.9 Å². The van der Waals surface area contributed by atoms with E-state index in [9.17, 15) is 4.79 Å². The molecule has 2 aromatic rings. The maximum absolute atomic E-state index is 12.7. The molecule has 1 amide bonds. The third-order valence-corrected chi connectivity index (χ3v) is 4.51. The van der Waals surface area contributed by atoms with Crippen molar-refractivity contribution in [3.8, 4) is 0 Å². The van der Waals surface area contributed by atoms with Crippen molar-refractivity contribution >= 4 is 28.3 Å². The molecule has 1 fully saturated rings. The van der Waals surface area contributed by atoms with Crippen LogP contribution in [0.1, 0.15) is 36.7 Å². The highest BCUT2D eigenvalue weighted by Crippen LogP contribution is 2.24. The Bertz CT molecular complexity index is 671. The summed E-state index contributed by atoms with van der Waals surface area (Å²) in [7, 11) is 0. The first-order valence-electron chi connectivity index (χ1n) is 7.49. The number of amides is 1. The van der Waals surface area contributed by atoms with Gasteiger partial charge in [-0.3, -0.25) is 4.79 Å². The second-order valence-corrected chi connectivity index (χ2v) is 6.21. The summed E-state index contributed by atoms with van der Waals surface area (Å²) in [6.45, 7) is 3.88. The molecule has 1 aromatic carbocycles. The molecule has 1 aliphatic heterocycles. The van der Waals surface area contributed by atoms with Crippen molar-refractivity contribution in [1.82, 2.24) is 9.88 Å². The molecule has 4 heteroatoms. The zero-order valence-electron chi connectivity index (χ0n) is 12.2. The largest absolute Gasteiger partial charge is 0.337 e. The molecule has 1 aromatic heterocycles. The SMILES string of the molecule is CC1CCCN(C(=O)c2cc3ccccc3c(Cl)n2)CC1. The van der Waals surface area contributed by atoms with Crippen LogP contribution in [0.2, 0.25) is 5.15 Å². The summed E-state index contributed by atoms with van der Waals surface area (Å²) >= 11 is 6.22. The molecule has 0 radical (unpaired) electrons. The average molecular weight is 303 g/mol. The Labute approximate surface area is 129 Å². The number of carbonyl (C=O) groups is 1. The summed E-state index contributed by atoms with van der Waals surface area (Å²) in [5, 5.41) is 2.25. The van der Waals surface area contributed by atoms with Crippen LogP contribution in [0.3, 0.4) is 0 Å². The number of nitrogens with zero attached hydrogens (tertiary/aromatic N) is 2. The second-order valence-electron chi connectivity index (χ2n) is 5.85. The van der Waals surface area contributed by atoms with E-state index in [4.69, 9.17) is 11.6 Å². The quantitative estimate of drug-likeness (QED) is 0.741. The number of fused-ring (bicyclic) bond motifs is 1. The molecule has 0 saturated carbocycles. The van der Waals surface area contributed by atoms with Gasteiger partial charge in [0.2, 0.25) is 0 Å². The van der Waals surface area contributed by atoms with Gasteiger partial charge in [-0.1, -0.05) is 42.8 Å². The van der Waals surface area contributed by atoms with Gasteiger partial charge in [0.15, 0.2) is 0 Å². The topological polar surface area (TPSA) is 33.2 Å². The van der Waals surface area contributed by atoms with E-state index in [0.29, 0.717) is 16.8 Å². The number of benzene rings is 1. The van der Waals surface area contributed by atoms with Gasteiger partial charge < -0.3 is 4.90 Å². The molecular formula is C17H19ClN2O. The molecule has 1 aliphatic rings. The number of carbonyl (C=O) groups excluding carboxylic acids is 1. The smallest absolute Gasteiger partial charge is 0.272 e. The van der Waals surface area contributed by atoms with Crippen LogP contribution in [0.4, 0.5) is 0 Å². The first-order chi connectivity index (χ1) is 10.1. The van der Waals surface area contributed by atoms with Crippen molar-refractivity contribution in [1.29, 1.82) is 0 Å². The van der Waals surface area contributed by atoms with Crippen LogP contribution in [0.15, 0.2) is 30.3 Å². The standard InChI is InChI=1S/C17H19ClN2O/c1-12-5-4-9-20(10-8-12)17(21)15-11-13-6-2-3-7-14(13)16(18)19-15/h2-3,6-7,11-12H,4-5,8-10H2,1H3. The third-order valence-electron chi connectivity index (χ3n) is 4.22. The Morgan fingerprint density at radius 3 is 2.95 bits per heavy atom. The fraction of sp³-hybridized carbons (Fsp3) is 0.412. The van der Waals surface area contributed by atoms with Gasteiger partial charge >= 0.3 is 0 Å². The van der Waals surface area contributed by atoms with E-state index in [2.05, 4.69) is 11.9 Å². The van der Waals surface area contributed by atoms with Gasteiger partial charge in [0.25, 0.3) is 5.91 Å². The average Bonchev–Trinajstić information content (AvgIpc) is 2.71. The van der Waals surface area contributed by atoms with Gasteiger partial charge in [-0.2, -0.15) is 0 Å². The lowest BCUT2D eigenvalue weighted by Gasteiger charge is -2.20. The Kier molecular flexibility index (Phi) is 4.11. The van der Waals surface area contributed by atoms with Crippen LogP contribution in [0.5, 0.6) is 0 Å². The number of rotatable bonds is 1. The molecule has 110 valence electrons. The van der Waals surface area contributed by atoms with Crippen LogP contribution in [0.25, 0.3) is 10.8 Å². The summed E-state index contributed by atoms with van der Waals surface area (Å²) in [6.07, 6.45) is 3.32. The molecular weight excluding hydrogens is 284 g/mol. The maximum Gasteiger partial charge on any atom is 0.272 e. The first kappa shape index (κ1) is 14.3. The number of hydrogen-bond acceptors (Lipinski definition) is 2. The highest BCUT2D eigenvalue weighted by Gasteiger charge is 2.21. The molecule has 21 heavy (non-hydrogen) atoms. The number of aromatic nitrogens is 1. The van der Waals surface area contributed by atoms with Gasteiger partial charge in [0.05, 0.1) is 0 Å². The Balaban J connectivity index is 1.90. The van der Waals surface area contributed by atoms with E-state index in [1.807, 2.05) is 35.2 Å². The monoisotopic (exact) mass is 302 g/mol. The first-order valence-corrected chi connectivity index (χ1v) is 7.87. The fourth-order valence-electron chi connectivity index (χ4n) is 2.89. The molecule has 0 bridgehead atoms. The number of hydrogen-bond donors (Lipinski definition) is 0. The van der Waals surface area contributed by atoms with Crippen molar-refractivity contribution in [3.63, 3.8) is 0 Å². The van der Waals surface area contributed by atoms with Gasteiger partial charge in [-0.15, -0.1) is 0 Å². The summed E-state index contributed by atoms with van der Waals surface area (Å²) in [4.78, 5) is 18.9. The predicted octanol–water partition coefficient (Wildman–Crippen LogP) is 4.15. The highest BCUT2D eigenvalue weighted by atomic mass is 35.5. The maximum atomic E-state index is 12.7. The van der Waals surface area contributed by atoms with Crippen LogP contribution in [0, 0.1) is 5.92 Å².